The molecule has 5 heteroatoms. The van der Waals surface area contributed by atoms with Gasteiger partial charge in [0.1, 0.15) is 5.60 Å². The number of nitrogens with one attached hydrogen (secondary N) is 1. The lowest BCUT2D eigenvalue weighted by Gasteiger charge is -2.43. The fraction of sp³-hybridized carbons (Fsp3) is 0.263. The van der Waals surface area contributed by atoms with Crippen LogP contribution in [0.1, 0.15) is 25.0 Å². The molecule has 24 heavy (non-hydrogen) atoms. The van der Waals surface area contributed by atoms with Crippen LogP contribution < -0.4 is 5.32 Å². The summed E-state index contributed by atoms with van der Waals surface area (Å²) < 4.78 is 4.89. The highest BCUT2D eigenvalue weighted by atomic mass is 16.5. The average molecular weight is 327 g/mol. The molecule has 0 aliphatic carbocycles. The van der Waals surface area contributed by atoms with Gasteiger partial charge < -0.3 is 15.2 Å². The van der Waals surface area contributed by atoms with Crippen molar-refractivity contribution in [2.45, 2.75) is 25.0 Å². The zero-order chi connectivity index (χ0) is 17.8. The van der Waals surface area contributed by atoms with E-state index < -0.39 is 23.0 Å². The minimum Gasteiger partial charge on any atom is -0.467 e. The van der Waals surface area contributed by atoms with Gasteiger partial charge in [-0.2, -0.15) is 0 Å². The Morgan fingerprint density at radius 3 is 1.71 bits per heavy atom. The monoisotopic (exact) mass is 327 g/mol. The van der Waals surface area contributed by atoms with Crippen LogP contribution in [-0.2, 0) is 19.9 Å². The second-order valence-corrected chi connectivity index (χ2v) is 5.74. The lowest BCUT2D eigenvalue weighted by atomic mass is 9.71. The highest BCUT2D eigenvalue weighted by Crippen LogP contribution is 2.40. The van der Waals surface area contributed by atoms with E-state index >= 15 is 0 Å². The van der Waals surface area contributed by atoms with Crippen molar-refractivity contribution in [1.29, 1.82) is 0 Å². The van der Waals surface area contributed by atoms with E-state index in [1.54, 1.807) is 48.5 Å². The molecule has 5 nitrogen and oxygen atoms in total. The van der Waals surface area contributed by atoms with E-state index in [0.717, 1.165) is 0 Å². The van der Waals surface area contributed by atoms with Crippen molar-refractivity contribution in [2.24, 2.45) is 0 Å². The predicted molar refractivity (Wildman–Crippen MR) is 90.1 cm³/mol. The first-order chi connectivity index (χ1) is 11.4. The maximum atomic E-state index is 12.6. The molecule has 2 N–H and O–H groups in total. The van der Waals surface area contributed by atoms with Gasteiger partial charge >= 0.3 is 5.97 Å². The number of rotatable bonds is 5. The molecular formula is C19H21NO4. The van der Waals surface area contributed by atoms with Crippen molar-refractivity contribution in [3.63, 3.8) is 0 Å². The number of hydrogen-bond acceptors (Lipinski definition) is 4. The molecule has 1 amide bonds. The maximum absolute atomic E-state index is 12.6. The van der Waals surface area contributed by atoms with E-state index in [9.17, 15) is 14.7 Å². The van der Waals surface area contributed by atoms with Gasteiger partial charge in [-0.1, -0.05) is 60.7 Å². The number of methoxy groups -OCH3 is 1. The Kier molecular flexibility index (Phi) is 5.04. The van der Waals surface area contributed by atoms with Gasteiger partial charge in [0.05, 0.1) is 7.11 Å². The van der Waals surface area contributed by atoms with Gasteiger partial charge in [0.2, 0.25) is 5.91 Å². The van der Waals surface area contributed by atoms with E-state index in [-0.39, 0.29) is 0 Å². The van der Waals surface area contributed by atoms with Crippen LogP contribution in [0.4, 0.5) is 0 Å². The molecule has 0 saturated heterocycles. The Morgan fingerprint density at radius 1 is 0.958 bits per heavy atom. The highest BCUT2D eigenvalue weighted by Gasteiger charge is 2.56. The van der Waals surface area contributed by atoms with Crippen molar-refractivity contribution in [3.8, 4) is 0 Å². The van der Waals surface area contributed by atoms with E-state index in [2.05, 4.69) is 5.32 Å². The van der Waals surface area contributed by atoms with Crippen LogP contribution in [-0.4, -0.2) is 29.6 Å². The van der Waals surface area contributed by atoms with Gasteiger partial charge in [0.15, 0.2) is 5.54 Å². The second kappa shape index (κ2) is 6.84. The third-order valence-electron chi connectivity index (χ3n) is 4.13. The number of benzene rings is 2. The number of ether oxygens (including phenoxy) is 1. The first kappa shape index (κ1) is 17.7. The maximum Gasteiger partial charge on any atom is 0.335 e. The summed E-state index contributed by atoms with van der Waals surface area (Å²) in [6.07, 6.45) is 0. The van der Waals surface area contributed by atoms with Gasteiger partial charge in [-0.3, -0.25) is 4.79 Å². The fourth-order valence-corrected chi connectivity index (χ4v) is 2.95. The zero-order valence-electron chi connectivity index (χ0n) is 13.9. The van der Waals surface area contributed by atoms with Crippen LogP contribution in [0.2, 0.25) is 0 Å². The lowest BCUT2D eigenvalue weighted by molar-refractivity contribution is -0.161. The fourth-order valence-electron chi connectivity index (χ4n) is 2.95. The van der Waals surface area contributed by atoms with Gasteiger partial charge in [0, 0.05) is 6.92 Å². The molecule has 0 bridgehead atoms. The van der Waals surface area contributed by atoms with Gasteiger partial charge in [-0.05, 0) is 18.1 Å². The lowest BCUT2D eigenvalue weighted by Crippen LogP contribution is -2.65. The number of carbonyl (C=O) groups excluding carboxylic acids is 2. The molecular weight excluding hydrogens is 306 g/mol. The molecule has 2 rings (SSSR count). The van der Waals surface area contributed by atoms with E-state index in [1.807, 2.05) is 12.1 Å². The largest absolute Gasteiger partial charge is 0.467 e. The molecule has 1 unspecified atom stereocenters. The van der Waals surface area contributed by atoms with Crippen LogP contribution in [0.5, 0.6) is 0 Å². The van der Waals surface area contributed by atoms with Gasteiger partial charge in [0.25, 0.3) is 0 Å². The minimum atomic E-state index is -1.81. The molecule has 0 aliphatic heterocycles. The highest BCUT2D eigenvalue weighted by molar-refractivity contribution is 5.89. The zero-order valence-corrected chi connectivity index (χ0v) is 13.9. The molecule has 1 atom stereocenters. The van der Waals surface area contributed by atoms with Crippen LogP contribution in [0.3, 0.4) is 0 Å². The second-order valence-electron chi connectivity index (χ2n) is 5.74. The van der Waals surface area contributed by atoms with Crippen molar-refractivity contribution < 1.29 is 19.4 Å². The van der Waals surface area contributed by atoms with Gasteiger partial charge in [-0.25, -0.2) is 4.79 Å². The van der Waals surface area contributed by atoms with Crippen molar-refractivity contribution in [3.05, 3.63) is 71.8 Å². The number of hydrogen-bond donors (Lipinski definition) is 2. The summed E-state index contributed by atoms with van der Waals surface area (Å²) in [5.74, 6) is -1.19. The Morgan fingerprint density at radius 2 is 1.38 bits per heavy atom. The molecule has 0 heterocycles. The number of aliphatic hydroxyl groups is 1. The normalized spacial score (nSPS) is 13.7. The van der Waals surface area contributed by atoms with E-state index in [1.165, 1.54) is 21.0 Å². The molecule has 2 aromatic rings. The molecule has 0 radical (unpaired) electrons. The molecule has 0 saturated carbocycles. The summed E-state index contributed by atoms with van der Waals surface area (Å²) in [6, 6.07) is 17.5. The van der Waals surface area contributed by atoms with Crippen LogP contribution in [0, 0.1) is 0 Å². The predicted octanol–water partition coefficient (Wildman–Crippen LogP) is 1.99. The Balaban J connectivity index is 2.77. The Labute approximate surface area is 141 Å². The van der Waals surface area contributed by atoms with Crippen LogP contribution in [0.15, 0.2) is 60.7 Å². The Bertz CT molecular complexity index is 675. The topological polar surface area (TPSA) is 75.6 Å². The molecule has 0 aromatic heterocycles. The summed E-state index contributed by atoms with van der Waals surface area (Å²) in [5.41, 5.74) is -2.58. The number of amides is 1. The smallest absolute Gasteiger partial charge is 0.335 e. The number of esters is 1. The molecule has 0 aliphatic rings. The van der Waals surface area contributed by atoms with Crippen molar-refractivity contribution >= 4 is 11.9 Å². The molecule has 126 valence electrons. The third-order valence-corrected chi connectivity index (χ3v) is 4.13. The summed E-state index contributed by atoms with van der Waals surface area (Å²) in [7, 11) is 1.22. The molecule has 0 fully saturated rings. The number of carbonyl (C=O) groups is 2. The summed E-state index contributed by atoms with van der Waals surface area (Å²) in [6.45, 7) is 2.75. The third kappa shape index (κ3) is 2.90. The summed E-state index contributed by atoms with van der Waals surface area (Å²) >= 11 is 0. The van der Waals surface area contributed by atoms with E-state index in [4.69, 9.17) is 4.74 Å². The summed E-state index contributed by atoms with van der Waals surface area (Å²) in [5, 5.41) is 14.3. The van der Waals surface area contributed by atoms with Crippen LogP contribution >= 0.6 is 0 Å². The van der Waals surface area contributed by atoms with Gasteiger partial charge in [-0.15, -0.1) is 0 Å². The van der Waals surface area contributed by atoms with Crippen molar-refractivity contribution in [2.75, 3.05) is 7.11 Å². The SMILES string of the molecule is COC(=O)C(C)(NC(C)=O)C(O)(c1ccccc1)c1ccccc1. The van der Waals surface area contributed by atoms with E-state index in [0.29, 0.717) is 11.1 Å². The Hall–Kier alpha value is -2.66. The molecule has 0 spiro atoms. The quantitative estimate of drug-likeness (QED) is 0.824. The van der Waals surface area contributed by atoms with Crippen LogP contribution in [0.25, 0.3) is 0 Å². The van der Waals surface area contributed by atoms with Crippen molar-refractivity contribution in [1.82, 2.24) is 5.32 Å². The first-order valence-corrected chi connectivity index (χ1v) is 7.57. The average Bonchev–Trinajstić information content (AvgIpc) is 2.61. The summed E-state index contributed by atoms with van der Waals surface area (Å²) in [4.78, 5) is 24.3. The first-order valence-electron chi connectivity index (χ1n) is 7.57. The standard InChI is InChI=1S/C19H21NO4/c1-14(21)20-18(2,17(22)24-3)19(23,15-10-6-4-7-11-15)16-12-8-5-9-13-16/h4-13,23H,1-3H3,(H,20,21). The molecule has 2 aromatic carbocycles. The minimum absolute atomic E-state index is 0.451.